The Morgan fingerprint density at radius 1 is 0.935 bits per heavy atom. The third kappa shape index (κ3) is 5.11. The Hall–Kier alpha value is -0.730. The van der Waals surface area contributed by atoms with Crippen LogP contribution in [0.25, 0.3) is 0 Å². The second-order valence-electron chi connectivity index (χ2n) is 10.4. The third-order valence-electron chi connectivity index (χ3n) is 8.01. The van der Waals surface area contributed by atoms with E-state index in [2.05, 4.69) is 13.8 Å². The molecule has 1 amide bonds. The van der Waals surface area contributed by atoms with Crippen LogP contribution in [0.4, 0.5) is 0 Å². The lowest BCUT2D eigenvalue weighted by atomic mass is 9.61. The third-order valence-corrected chi connectivity index (χ3v) is 8.01. The van der Waals surface area contributed by atoms with Gasteiger partial charge in [0.05, 0.1) is 13.2 Å². The first kappa shape index (κ1) is 23.4. The van der Waals surface area contributed by atoms with Crippen LogP contribution in [0.2, 0.25) is 0 Å². The van der Waals surface area contributed by atoms with Gasteiger partial charge in [0.15, 0.2) is 0 Å². The number of hydrogen-bond donors (Lipinski definition) is 0. The fourth-order valence-corrected chi connectivity index (χ4v) is 6.34. The highest BCUT2D eigenvalue weighted by Crippen LogP contribution is 2.56. The van der Waals surface area contributed by atoms with Crippen molar-refractivity contribution < 1.29 is 29.1 Å². The van der Waals surface area contributed by atoms with Crippen molar-refractivity contribution in [3.8, 4) is 0 Å². The van der Waals surface area contributed by atoms with Gasteiger partial charge < -0.3 is 9.64 Å². The van der Waals surface area contributed by atoms with Crippen LogP contribution in [0.1, 0.15) is 85.0 Å². The number of hydrogen-bond acceptors (Lipinski definition) is 6. The molecule has 0 aromatic carbocycles. The number of carbonyl (C=O) groups is 1. The molecule has 2 bridgehead atoms. The topological polar surface area (TPSA) is 66.5 Å². The summed E-state index contributed by atoms with van der Waals surface area (Å²) < 4.78 is 5.06. The van der Waals surface area contributed by atoms with Gasteiger partial charge in [0, 0.05) is 44.7 Å². The highest BCUT2D eigenvalue weighted by Gasteiger charge is 2.60. The Morgan fingerprint density at radius 3 is 2.19 bits per heavy atom. The second-order valence-corrected chi connectivity index (χ2v) is 10.4. The highest BCUT2D eigenvalue weighted by molar-refractivity contribution is 5.73. The Bertz CT molecular complexity index is 589. The Kier molecular flexibility index (Phi) is 7.59. The first-order valence-electron chi connectivity index (χ1n) is 12.5. The number of ether oxygens (including phenoxy) is 1. The van der Waals surface area contributed by atoms with Gasteiger partial charge in [-0.3, -0.25) is 4.79 Å². The maximum Gasteiger partial charge on any atom is 0.239 e. The van der Waals surface area contributed by atoms with E-state index in [9.17, 15) is 4.79 Å². The maximum atomic E-state index is 10.7. The van der Waals surface area contributed by atoms with Crippen LogP contribution >= 0.6 is 0 Å². The van der Waals surface area contributed by atoms with Crippen LogP contribution in [0.15, 0.2) is 0 Å². The fourth-order valence-electron chi connectivity index (χ4n) is 6.34. The summed E-state index contributed by atoms with van der Waals surface area (Å²) in [5, 5.41) is 0. The zero-order valence-corrected chi connectivity index (χ0v) is 19.6. The van der Waals surface area contributed by atoms with Crippen LogP contribution in [0, 0.1) is 23.7 Å². The molecule has 5 rings (SSSR count). The normalized spacial score (nSPS) is 36.5. The summed E-state index contributed by atoms with van der Waals surface area (Å²) in [7, 11) is 0. The van der Waals surface area contributed by atoms with Gasteiger partial charge in [-0.05, 0) is 56.8 Å². The lowest BCUT2D eigenvalue weighted by Gasteiger charge is -2.55. The molecule has 178 valence electrons. The van der Waals surface area contributed by atoms with Crippen molar-refractivity contribution in [1.29, 1.82) is 0 Å². The van der Waals surface area contributed by atoms with Crippen LogP contribution < -0.4 is 0 Å². The minimum atomic E-state index is -0.664. The van der Waals surface area contributed by atoms with Gasteiger partial charge in [-0.25, -0.2) is 0 Å². The van der Waals surface area contributed by atoms with Crippen LogP contribution in [-0.4, -0.2) is 48.7 Å². The number of morpholine rings is 1. The van der Waals surface area contributed by atoms with Gasteiger partial charge in [0.2, 0.25) is 17.5 Å². The Balaban J connectivity index is 0.000000217. The molecule has 2 aliphatic heterocycles. The molecule has 31 heavy (non-hydrogen) atoms. The van der Waals surface area contributed by atoms with E-state index in [-0.39, 0.29) is 5.91 Å². The van der Waals surface area contributed by atoms with Gasteiger partial charge in [-0.1, -0.05) is 20.3 Å². The zero-order valence-electron chi connectivity index (χ0n) is 19.6. The van der Waals surface area contributed by atoms with E-state index in [4.69, 9.17) is 24.3 Å². The molecule has 5 fully saturated rings. The number of amides is 1. The maximum absolute atomic E-state index is 10.7. The molecular formula is C24H41NO6. The highest BCUT2D eigenvalue weighted by atomic mass is 17.4. The van der Waals surface area contributed by atoms with Gasteiger partial charge in [-0.2, -0.15) is 19.6 Å². The summed E-state index contributed by atoms with van der Waals surface area (Å²) in [6.07, 6.45) is 11.2. The van der Waals surface area contributed by atoms with Crippen molar-refractivity contribution in [3.05, 3.63) is 0 Å². The van der Waals surface area contributed by atoms with Crippen molar-refractivity contribution >= 4 is 5.91 Å². The first-order valence-corrected chi connectivity index (χ1v) is 12.5. The monoisotopic (exact) mass is 439 g/mol. The van der Waals surface area contributed by atoms with Crippen LogP contribution in [0.5, 0.6) is 0 Å². The molecule has 0 N–H and O–H groups in total. The first-order chi connectivity index (χ1) is 15.0. The summed E-state index contributed by atoms with van der Waals surface area (Å²) >= 11 is 0. The van der Waals surface area contributed by atoms with Crippen LogP contribution in [0.3, 0.4) is 0 Å². The molecule has 3 saturated carbocycles. The molecule has 2 spiro atoms. The molecule has 4 atom stereocenters. The van der Waals surface area contributed by atoms with Crippen molar-refractivity contribution in [2.45, 2.75) is 96.6 Å². The largest absolute Gasteiger partial charge is 0.378 e. The molecule has 7 nitrogen and oxygen atoms in total. The van der Waals surface area contributed by atoms with Gasteiger partial charge >= 0.3 is 0 Å². The summed E-state index contributed by atoms with van der Waals surface area (Å²) in [6, 6.07) is 0. The van der Waals surface area contributed by atoms with Crippen molar-refractivity contribution in [3.63, 3.8) is 0 Å². The van der Waals surface area contributed by atoms with Gasteiger partial charge in [-0.15, -0.1) is 0 Å². The lowest BCUT2D eigenvalue weighted by molar-refractivity contribution is -0.677. The van der Waals surface area contributed by atoms with E-state index in [0.29, 0.717) is 25.0 Å². The summed E-state index contributed by atoms with van der Waals surface area (Å²) in [6.45, 7) is 9.08. The van der Waals surface area contributed by atoms with Crippen molar-refractivity contribution in [2.75, 3.05) is 26.3 Å². The van der Waals surface area contributed by atoms with E-state index < -0.39 is 11.6 Å². The fraction of sp³-hybridized carbons (Fsp3) is 0.958. The van der Waals surface area contributed by atoms with E-state index in [1.165, 1.54) is 25.7 Å². The number of rotatable bonds is 1. The molecule has 3 aliphatic carbocycles. The molecule has 4 unspecified atom stereocenters. The van der Waals surface area contributed by atoms with Gasteiger partial charge in [0.1, 0.15) is 0 Å². The minimum absolute atomic E-state index is 0.151. The lowest BCUT2D eigenvalue weighted by Crippen LogP contribution is -2.61. The standard InChI is InChI=1S/C18H30O4.C6H11NO2/c1-3-15-11-14-9-13(2)10-16(12-14)18(15)21-19-17(20-22-18)7-5-4-6-8-17;1-6(8)7-2-4-9-5-3-7/h13-16H,3-12H2,1-2H3;2-5H2,1H3. The molecule has 5 aliphatic rings. The predicted octanol–water partition coefficient (Wildman–Crippen LogP) is 4.60. The molecule has 2 saturated heterocycles. The average Bonchev–Trinajstić information content (AvgIpc) is 2.79. The smallest absolute Gasteiger partial charge is 0.239 e. The Labute approximate surface area is 186 Å². The molecule has 2 heterocycles. The van der Waals surface area contributed by atoms with Gasteiger partial charge in [0.25, 0.3) is 0 Å². The van der Waals surface area contributed by atoms with E-state index in [1.54, 1.807) is 11.8 Å². The van der Waals surface area contributed by atoms with E-state index >= 15 is 0 Å². The summed E-state index contributed by atoms with van der Waals surface area (Å²) in [5.41, 5.74) is 0. The minimum Gasteiger partial charge on any atom is -0.378 e. The van der Waals surface area contributed by atoms with Crippen LogP contribution in [-0.2, 0) is 29.1 Å². The molecule has 7 heteroatoms. The number of fused-ring (bicyclic) bond motifs is 3. The Morgan fingerprint density at radius 2 is 1.61 bits per heavy atom. The summed E-state index contributed by atoms with van der Waals surface area (Å²) in [4.78, 5) is 36.5. The molecular weight excluding hydrogens is 398 g/mol. The SMILES string of the molecule is CC(=O)N1CCOCC1.CCC1CC2CC(C)CC(C2)C12OOC1(CCCCC1)OO2. The predicted molar refractivity (Wildman–Crippen MR) is 114 cm³/mol. The quantitative estimate of drug-likeness (QED) is 0.556. The number of nitrogens with zero attached hydrogens (tertiary/aromatic N) is 1. The van der Waals surface area contributed by atoms with Crippen molar-refractivity contribution in [1.82, 2.24) is 4.90 Å². The average molecular weight is 440 g/mol. The molecule has 0 aromatic rings. The second kappa shape index (κ2) is 10.0. The molecule has 0 aromatic heterocycles. The van der Waals surface area contributed by atoms with E-state index in [0.717, 1.165) is 63.5 Å². The van der Waals surface area contributed by atoms with E-state index in [1.807, 2.05) is 0 Å². The summed E-state index contributed by atoms with van der Waals surface area (Å²) in [5.74, 6) is 1.20. The van der Waals surface area contributed by atoms with Crippen molar-refractivity contribution in [2.24, 2.45) is 23.7 Å². The molecule has 0 radical (unpaired) electrons. The number of carbonyl (C=O) groups excluding carboxylic acids is 1. The zero-order chi connectivity index (χ0) is 21.9.